The molecule has 3 unspecified atom stereocenters. The fraction of sp³-hybridized carbons (Fsp3) is 0.700. The summed E-state index contributed by atoms with van der Waals surface area (Å²) < 4.78 is 11.7. The quantitative estimate of drug-likeness (QED) is 0.761. The number of hydrogen-bond acceptors (Lipinski definition) is 4. The number of fused-ring (bicyclic) bond motifs is 1. The highest BCUT2D eigenvalue weighted by Gasteiger charge is 2.68. The van der Waals surface area contributed by atoms with Crippen molar-refractivity contribution in [3.05, 3.63) is 24.3 Å². The number of rotatable bonds is 2. The lowest BCUT2D eigenvalue weighted by atomic mass is 9.84. The van der Waals surface area contributed by atoms with Crippen molar-refractivity contribution in [2.45, 2.75) is 77.9 Å². The smallest absolute Gasteiger partial charge is 0.412 e. The van der Waals surface area contributed by atoms with Crippen LogP contribution >= 0.6 is 0 Å². The second kappa shape index (κ2) is 5.70. The van der Waals surface area contributed by atoms with Crippen LogP contribution in [0, 0.1) is 11.3 Å². The first-order valence-electron chi connectivity index (χ1n) is 9.02. The fourth-order valence-electron chi connectivity index (χ4n) is 4.28. The van der Waals surface area contributed by atoms with Gasteiger partial charge in [-0.25, -0.2) is 4.79 Å². The van der Waals surface area contributed by atoms with Crippen molar-refractivity contribution >= 4 is 11.9 Å². The van der Waals surface area contributed by atoms with Crippen LogP contribution in [0.25, 0.3) is 0 Å². The zero-order valence-electron chi connectivity index (χ0n) is 16.0. The Morgan fingerprint density at radius 3 is 2.52 bits per heavy atom. The second-order valence-corrected chi connectivity index (χ2v) is 8.95. The third-order valence-corrected chi connectivity index (χ3v) is 5.41. The van der Waals surface area contributed by atoms with Gasteiger partial charge in [-0.05, 0) is 60.3 Å². The van der Waals surface area contributed by atoms with Crippen molar-refractivity contribution in [2.24, 2.45) is 11.3 Å². The Kier molecular flexibility index (Phi) is 4.14. The molecule has 1 aliphatic heterocycles. The number of carbonyl (C=O) groups excluding carboxylic acids is 2. The molecule has 0 radical (unpaired) electrons. The summed E-state index contributed by atoms with van der Waals surface area (Å²) in [4.78, 5) is 27.0. The third kappa shape index (κ3) is 3.14. The Hall–Kier alpha value is -1.62. The molecule has 1 saturated heterocycles. The van der Waals surface area contributed by atoms with Crippen LogP contribution in [-0.4, -0.2) is 40.2 Å². The largest absolute Gasteiger partial charge is 0.444 e. The maximum Gasteiger partial charge on any atom is 0.412 e. The van der Waals surface area contributed by atoms with E-state index >= 15 is 0 Å². The normalized spacial score (nSPS) is 35.9. The Labute approximate surface area is 150 Å². The van der Waals surface area contributed by atoms with Gasteiger partial charge in [0.1, 0.15) is 17.4 Å². The number of carbonyl (C=O) groups is 2. The average Bonchev–Trinajstić information content (AvgIpc) is 3.07. The number of nitrogens with zero attached hydrogens (tertiary/aromatic N) is 1. The first-order valence-corrected chi connectivity index (χ1v) is 9.02. The summed E-state index contributed by atoms with van der Waals surface area (Å²) in [7, 11) is 0. The van der Waals surface area contributed by atoms with Gasteiger partial charge in [-0.1, -0.05) is 24.3 Å². The fourth-order valence-corrected chi connectivity index (χ4v) is 4.28. The van der Waals surface area contributed by atoms with E-state index in [1.807, 2.05) is 40.7 Å². The van der Waals surface area contributed by atoms with Crippen molar-refractivity contribution in [1.29, 1.82) is 0 Å². The molecular formula is C20H29NO4. The Balaban J connectivity index is 2.00. The van der Waals surface area contributed by atoms with E-state index in [0.29, 0.717) is 5.92 Å². The van der Waals surface area contributed by atoms with Crippen LogP contribution in [0.15, 0.2) is 24.3 Å². The van der Waals surface area contributed by atoms with Crippen LogP contribution in [0.4, 0.5) is 4.79 Å². The van der Waals surface area contributed by atoms with Gasteiger partial charge in [0, 0.05) is 5.41 Å². The molecule has 0 spiro atoms. The topological polar surface area (TPSA) is 55.8 Å². The molecule has 138 valence electrons. The van der Waals surface area contributed by atoms with Crippen molar-refractivity contribution in [3.8, 4) is 0 Å². The molecule has 0 N–H and O–H groups in total. The highest BCUT2D eigenvalue weighted by Crippen LogP contribution is 2.64. The predicted octanol–water partition coefficient (Wildman–Crippen LogP) is 3.84. The van der Waals surface area contributed by atoms with E-state index in [1.54, 1.807) is 11.8 Å². The summed E-state index contributed by atoms with van der Waals surface area (Å²) in [5.74, 6) is 0.318. The molecule has 1 heterocycles. The monoisotopic (exact) mass is 347 g/mol. The second-order valence-electron chi connectivity index (χ2n) is 8.95. The molecule has 0 bridgehead atoms. The van der Waals surface area contributed by atoms with Crippen LogP contribution in [0.1, 0.15) is 54.4 Å². The van der Waals surface area contributed by atoms with Crippen LogP contribution < -0.4 is 0 Å². The number of ketones is 1. The first kappa shape index (κ1) is 18.2. The molecule has 0 aromatic heterocycles. The molecule has 1 saturated carbocycles. The summed E-state index contributed by atoms with van der Waals surface area (Å²) in [5, 5.41) is 0. The van der Waals surface area contributed by atoms with Crippen molar-refractivity contribution in [3.63, 3.8) is 0 Å². The lowest BCUT2D eigenvalue weighted by molar-refractivity contribution is -0.134. The minimum absolute atomic E-state index is 0.0404. The number of ether oxygens (including phenoxy) is 2. The molecule has 2 fully saturated rings. The highest BCUT2D eigenvalue weighted by atomic mass is 16.6. The van der Waals surface area contributed by atoms with Crippen LogP contribution in [0.3, 0.4) is 0 Å². The molecule has 5 nitrogen and oxygen atoms in total. The maximum atomic E-state index is 13.0. The van der Waals surface area contributed by atoms with Gasteiger partial charge in [0.25, 0.3) is 0 Å². The minimum atomic E-state index is -0.884. The average molecular weight is 347 g/mol. The molecule has 25 heavy (non-hydrogen) atoms. The van der Waals surface area contributed by atoms with Gasteiger partial charge in [0.2, 0.25) is 0 Å². The summed E-state index contributed by atoms with van der Waals surface area (Å²) in [6.07, 6.45) is 9.16. The van der Waals surface area contributed by atoms with Gasteiger partial charge >= 0.3 is 6.09 Å². The molecule has 3 aliphatic rings. The zero-order valence-corrected chi connectivity index (χ0v) is 16.0. The number of amides is 1. The SMILES string of the molecule is CC(=O)C1OC(C)(C)N(C(=O)OC(C)(C)C)[C@H]1C12CC=CC=CC1C2. The molecule has 0 aromatic carbocycles. The molecular weight excluding hydrogens is 318 g/mol. The van der Waals surface area contributed by atoms with E-state index in [4.69, 9.17) is 9.47 Å². The highest BCUT2D eigenvalue weighted by molar-refractivity contribution is 5.83. The van der Waals surface area contributed by atoms with Gasteiger partial charge < -0.3 is 9.47 Å². The minimum Gasteiger partial charge on any atom is -0.444 e. The lowest BCUT2D eigenvalue weighted by Gasteiger charge is -2.38. The van der Waals surface area contributed by atoms with Gasteiger partial charge in [0.05, 0.1) is 6.04 Å². The van der Waals surface area contributed by atoms with Crippen LogP contribution in [0.5, 0.6) is 0 Å². The molecule has 2 aliphatic carbocycles. The van der Waals surface area contributed by atoms with Gasteiger partial charge in [-0.2, -0.15) is 0 Å². The molecule has 1 amide bonds. The summed E-state index contributed by atoms with van der Waals surface area (Å²) >= 11 is 0. The van der Waals surface area contributed by atoms with E-state index in [9.17, 15) is 9.59 Å². The van der Waals surface area contributed by atoms with E-state index in [2.05, 4.69) is 18.2 Å². The summed E-state index contributed by atoms with van der Waals surface area (Å²) in [5.41, 5.74) is -1.63. The molecule has 4 atom stereocenters. The van der Waals surface area contributed by atoms with E-state index in [1.165, 1.54) is 0 Å². The van der Waals surface area contributed by atoms with E-state index in [-0.39, 0.29) is 17.2 Å². The lowest BCUT2D eigenvalue weighted by Crippen LogP contribution is -2.54. The van der Waals surface area contributed by atoms with E-state index < -0.39 is 23.5 Å². The van der Waals surface area contributed by atoms with E-state index in [0.717, 1.165) is 12.8 Å². The van der Waals surface area contributed by atoms with Crippen LogP contribution in [0.2, 0.25) is 0 Å². The third-order valence-electron chi connectivity index (χ3n) is 5.41. The van der Waals surface area contributed by atoms with Crippen molar-refractivity contribution in [2.75, 3.05) is 0 Å². The van der Waals surface area contributed by atoms with Crippen molar-refractivity contribution < 1.29 is 19.1 Å². The Morgan fingerprint density at radius 1 is 1.24 bits per heavy atom. The standard InChI is InChI=1S/C20H29NO4/c1-13(22)15-16(20-11-9-7-8-10-14(20)12-20)21(19(5,6)24-15)17(23)25-18(2,3)4/h7-10,14-16H,11-12H2,1-6H3/t14?,15?,16-,20?/m1/s1. The molecule has 5 heteroatoms. The Bertz CT molecular complexity index is 643. The number of Topliss-reactive ketones (excluding diaryl/α,β-unsaturated/α-hetero) is 1. The molecule has 3 rings (SSSR count). The summed E-state index contributed by atoms with van der Waals surface area (Å²) in [6.45, 7) is 10.8. The maximum absolute atomic E-state index is 13.0. The van der Waals surface area contributed by atoms with Crippen LogP contribution in [-0.2, 0) is 14.3 Å². The molecule has 0 aromatic rings. The zero-order chi connectivity index (χ0) is 18.6. The summed E-state index contributed by atoms with van der Waals surface area (Å²) in [6, 6.07) is -0.313. The Morgan fingerprint density at radius 2 is 1.92 bits per heavy atom. The first-order chi connectivity index (χ1) is 11.5. The van der Waals surface area contributed by atoms with Gasteiger partial charge in [0.15, 0.2) is 5.78 Å². The van der Waals surface area contributed by atoms with Gasteiger partial charge in [-0.3, -0.25) is 9.69 Å². The number of hydrogen-bond donors (Lipinski definition) is 0. The predicted molar refractivity (Wildman–Crippen MR) is 94.9 cm³/mol. The van der Waals surface area contributed by atoms with Crippen molar-refractivity contribution in [1.82, 2.24) is 4.90 Å². The number of allylic oxidation sites excluding steroid dienone is 4. The van der Waals surface area contributed by atoms with Gasteiger partial charge in [-0.15, -0.1) is 0 Å².